The van der Waals surface area contributed by atoms with Gasteiger partial charge in [-0.15, -0.1) is 5.10 Å². The Bertz CT molecular complexity index is 1210. The number of carbonyl (C=O) groups is 2. The molecular formula is C24H24F3N5O3. The molecule has 8 nitrogen and oxygen atoms in total. The second-order valence-corrected chi connectivity index (χ2v) is 7.77. The quantitative estimate of drug-likeness (QED) is 0.469. The highest BCUT2D eigenvalue weighted by molar-refractivity contribution is 6.05. The Labute approximate surface area is 199 Å². The summed E-state index contributed by atoms with van der Waals surface area (Å²) in [4.78, 5) is 21.6. The van der Waals surface area contributed by atoms with E-state index in [4.69, 9.17) is 9.90 Å². The van der Waals surface area contributed by atoms with Crippen LogP contribution < -0.4 is 10.6 Å². The van der Waals surface area contributed by atoms with Crippen LogP contribution in [0.1, 0.15) is 22.3 Å². The zero-order chi connectivity index (χ0) is 25.4. The second-order valence-electron chi connectivity index (χ2n) is 7.77. The van der Waals surface area contributed by atoms with Gasteiger partial charge in [-0.3, -0.25) is 4.79 Å². The van der Waals surface area contributed by atoms with E-state index in [1.165, 1.54) is 5.57 Å². The van der Waals surface area contributed by atoms with E-state index in [0.29, 0.717) is 5.56 Å². The smallest absolute Gasteiger partial charge is 0.475 e. The Hall–Kier alpha value is -3.99. The van der Waals surface area contributed by atoms with Crippen molar-refractivity contribution < 1.29 is 27.9 Å². The Morgan fingerprint density at radius 3 is 2.51 bits per heavy atom. The molecule has 0 saturated carbocycles. The molecule has 11 heteroatoms. The molecule has 0 fully saturated rings. The number of alkyl halides is 3. The van der Waals surface area contributed by atoms with Crippen molar-refractivity contribution in [3.05, 3.63) is 77.5 Å². The summed E-state index contributed by atoms with van der Waals surface area (Å²) in [5.74, 6) is -2.88. The van der Waals surface area contributed by atoms with Crippen LogP contribution in [0.5, 0.6) is 0 Å². The number of amides is 1. The molecule has 0 unspecified atom stereocenters. The summed E-state index contributed by atoms with van der Waals surface area (Å²) < 4.78 is 33.6. The number of hydrogen-bond acceptors (Lipinski definition) is 5. The minimum atomic E-state index is -5.08. The topological polar surface area (TPSA) is 109 Å². The summed E-state index contributed by atoms with van der Waals surface area (Å²) in [5.41, 5.74) is 5.35. The predicted octanol–water partition coefficient (Wildman–Crippen LogP) is 4.06. The lowest BCUT2D eigenvalue weighted by Crippen LogP contribution is -2.22. The van der Waals surface area contributed by atoms with E-state index in [-0.39, 0.29) is 5.91 Å². The van der Waals surface area contributed by atoms with Gasteiger partial charge in [0.25, 0.3) is 5.91 Å². The number of aliphatic carboxylic acids is 1. The van der Waals surface area contributed by atoms with Crippen LogP contribution in [0.25, 0.3) is 11.3 Å². The average Bonchev–Trinajstić information content (AvgIpc) is 3.29. The Kier molecular flexibility index (Phi) is 8.37. The van der Waals surface area contributed by atoms with E-state index in [0.717, 1.165) is 48.6 Å². The summed E-state index contributed by atoms with van der Waals surface area (Å²) in [6.45, 7) is 4.60. The highest BCUT2D eigenvalue weighted by atomic mass is 19.4. The maximum absolute atomic E-state index is 12.7. The van der Waals surface area contributed by atoms with E-state index in [1.807, 2.05) is 66.3 Å². The minimum Gasteiger partial charge on any atom is -0.475 e. The van der Waals surface area contributed by atoms with Crippen molar-refractivity contribution in [1.29, 1.82) is 0 Å². The van der Waals surface area contributed by atoms with E-state index >= 15 is 0 Å². The minimum absolute atomic E-state index is 0.127. The monoisotopic (exact) mass is 487 g/mol. The van der Waals surface area contributed by atoms with Gasteiger partial charge >= 0.3 is 12.1 Å². The van der Waals surface area contributed by atoms with Gasteiger partial charge in [0.05, 0.1) is 12.7 Å². The van der Waals surface area contributed by atoms with Gasteiger partial charge in [-0.2, -0.15) is 13.2 Å². The van der Waals surface area contributed by atoms with E-state index in [2.05, 4.69) is 27.0 Å². The van der Waals surface area contributed by atoms with Crippen molar-refractivity contribution in [2.24, 2.45) is 0 Å². The summed E-state index contributed by atoms with van der Waals surface area (Å²) in [6.07, 6.45) is 0.0959. The lowest BCUT2D eigenvalue weighted by Gasteiger charge is -2.13. The third-order valence-electron chi connectivity index (χ3n) is 5.11. The SMILES string of the molecule is Cc1ccc(-c2cn(CC3=CCNCC3)nn2)cc1C(=O)Nc1ccccc1.O=C(O)C(F)(F)F. The Morgan fingerprint density at radius 1 is 1.17 bits per heavy atom. The maximum Gasteiger partial charge on any atom is 0.490 e. The molecule has 35 heavy (non-hydrogen) atoms. The van der Waals surface area contributed by atoms with Crippen molar-refractivity contribution in [3.8, 4) is 11.3 Å². The van der Waals surface area contributed by atoms with Crippen molar-refractivity contribution in [1.82, 2.24) is 20.3 Å². The van der Waals surface area contributed by atoms with Crippen molar-refractivity contribution in [3.63, 3.8) is 0 Å². The molecule has 1 aliphatic heterocycles. The second kappa shape index (κ2) is 11.4. The zero-order valence-corrected chi connectivity index (χ0v) is 18.8. The zero-order valence-electron chi connectivity index (χ0n) is 18.8. The molecule has 0 bridgehead atoms. The largest absolute Gasteiger partial charge is 0.490 e. The number of benzene rings is 2. The molecule has 0 aliphatic carbocycles. The van der Waals surface area contributed by atoms with Crippen molar-refractivity contribution in [2.75, 3.05) is 18.4 Å². The first-order chi connectivity index (χ1) is 16.6. The number of nitrogens with zero attached hydrogens (tertiary/aromatic N) is 3. The van der Waals surface area contributed by atoms with Gasteiger partial charge in [-0.05, 0) is 43.7 Å². The Balaban J connectivity index is 0.000000429. The number of aromatic nitrogens is 3. The number of anilines is 1. The molecule has 1 amide bonds. The summed E-state index contributed by atoms with van der Waals surface area (Å²) in [6, 6.07) is 15.3. The molecule has 3 N–H and O–H groups in total. The first-order valence-electron chi connectivity index (χ1n) is 10.7. The highest BCUT2D eigenvalue weighted by Gasteiger charge is 2.38. The van der Waals surface area contributed by atoms with Gasteiger partial charge < -0.3 is 15.7 Å². The first-order valence-corrected chi connectivity index (χ1v) is 10.7. The van der Waals surface area contributed by atoms with Crippen LogP contribution in [0.15, 0.2) is 66.4 Å². The standard InChI is InChI=1S/C22H23N5O.C2HF3O2/c1-16-7-8-18(13-20(16)22(28)24-19-5-3-2-4-6-19)21-15-27(26-25-21)14-17-9-11-23-12-10-17;3-2(4,5)1(6)7/h2-9,13,15,23H,10-12,14H2,1H3,(H,24,28);(H,6,7). The number of para-hydroxylation sites is 1. The Morgan fingerprint density at radius 2 is 1.89 bits per heavy atom. The van der Waals surface area contributed by atoms with Crippen LogP contribution in [0.2, 0.25) is 0 Å². The number of rotatable bonds is 5. The first kappa shape index (κ1) is 25.6. The van der Waals surface area contributed by atoms with Crippen LogP contribution in [0.3, 0.4) is 0 Å². The third kappa shape index (κ3) is 7.51. The van der Waals surface area contributed by atoms with Crippen molar-refractivity contribution in [2.45, 2.75) is 26.1 Å². The molecule has 0 atom stereocenters. The third-order valence-corrected chi connectivity index (χ3v) is 5.11. The number of carbonyl (C=O) groups excluding carboxylic acids is 1. The van der Waals surface area contributed by atoms with Crippen LogP contribution >= 0.6 is 0 Å². The molecule has 1 aromatic heterocycles. The number of hydrogen-bond donors (Lipinski definition) is 3. The summed E-state index contributed by atoms with van der Waals surface area (Å²) in [7, 11) is 0. The predicted molar refractivity (Wildman–Crippen MR) is 124 cm³/mol. The van der Waals surface area contributed by atoms with Gasteiger partial charge in [0, 0.05) is 23.4 Å². The lowest BCUT2D eigenvalue weighted by molar-refractivity contribution is -0.192. The van der Waals surface area contributed by atoms with Gasteiger partial charge in [-0.1, -0.05) is 47.2 Å². The fourth-order valence-corrected chi connectivity index (χ4v) is 3.28. The fraction of sp³-hybridized carbons (Fsp3) is 0.250. The average molecular weight is 487 g/mol. The van der Waals surface area contributed by atoms with Crippen LogP contribution in [0.4, 0.5) is 18.9 Å². The molecule has 184 valence electrons. The number of halogens is 3. The molecular weight excluding hydrogens is 463 g/mol. The van der Waals surface area contributed by atoms with Crippen LogP contribution in [-0.4, -0.2) is 51.2 Å². The number of carboxylic acids is 1. The molecule has 2 heterocycles. The number of carboxylic acid groups (broad SMARTS) is 1. The maximum atomic E-state index is 12.7. The molecule has 3 aromatic rings. The summed E-state index contributed by atoms with van der Waals surface area (Å²) >= 11 is 0. The lowest BCUT2D eigenvalue weighted by atomic mass is 10.0. The summed E-state index contributed by atoms with van der Waals surface area (Å²) in [5, 5.41) is 21.9. The molecule has 0 radical (unpaired) electrons. The van der Waals surface area contributed by atoms with E-state index < -0.39 is 12.1 Å². The van der Waals surface area contributed by atoms with E-state index in [9.17, 15) is 18.0 Å². The van der Waals surface area contributed by atoms with Gasteiger partial charge in [0.2, 0.25) is 0 Å². The molecule has 1 aliphatic rings. The fourth-order valence-electron chi connectivity index (χ4n) is 3.28. The molecule has 4 rings (SSSR count). The van der Waals surface area contributed by atoms with Gasteiger partial charge in [0.15, 0.2) is 0 Å². The molecule has 2 aromatic carbocycles. The van der Waals surface area contributed by atoms with Gasteiger partial charge in [-0.25, -0.2) is 9.48 Å². The van der Waals surface area contributed by atoms with Crippen molar-refractivity contribution >= 4 is 17.6 Å². The number of nitrogens with one attached hydrogen (secondary N) is 2. The highest BCUT2D eigenvalue weighted by Crippen LogP contribution is 2.22. The normalized spacial score (nSPS) is 13.3. The van der Waals surface area contributed by atoms with E-state index in [1.54, 1.807) is 0 Å². The van der Waals surface area contributed by atoms with Crippen LogP contribution in [-0.2, 0) is 11.3 Å². The number of aryl methyl sites for hydroxylation is 1. The van der Waals surface area contributed by atoms with Gasteiger partial charge in [0.1, 0.15) is 5.69 Å². The molecule has 0 saturated heterocycles. The van der Waals surface area contributed by atoms with Crippen LogP contribution in [0, 0.1) is 6.92 Å². The molecule has 0 spiro atoms.